The molecule has 0 bridgehead atoms. The molecule has 0 amide bonds. The first-order valence-electron chi connectivity index (χ1n) is 4.54. The van der Waals surface area contributed by atoms with Gasteiger partial charge in [0.15, 0.2) is 0 Å². The quantitative estimate of drug-likeness (QED) is 0.487. The third-order valence-electron chi connectivity index (χ3n) is 2.14. The first-order chi connectivity index (χ1) is 5.24. The van der Waals surface area contributed by atoms with Crippen LogP contribution in [0.2, 0.25) is 0 Å². The van der Waals surface area contributed by atoms with Crippen LogP contribution in [0.5, 0.6) is 0 Å². The number of hydrogen-bond donors (Lipinski definition) is 1. The molecule has 0 atom stereocenters. The topological polar surface area (TPSA) is 27.1 Å². The van der Waals surface area contributed by atoms with Gasteiger partial charge in [0.1, 0.15) is 0 Å². The van der Waals surface area contributed by atoms with Crippen molar-refractivity contribution in [1.29, 1.82) is 5.41 Å². The zero-order chi connectivity index (χ0) is 8.27. The highest BCUT2D eigenvalue weighted by molar-refractivity contribution is 5.76. The fourth-order valence-electron chi connectivity index (χ4n) is 1.28. The third-order valence-corrected chi connectivity index (χ3v) is 2.14. The Morgan fingerprint density at radius 1 is 1.55 bits per heavy atom. The fraction of sp³-hybridized carbons (Fsp3) is 0.889. The molecule has 0 aromatic rings. The molecule has 1 fully saturated rings. The van der Waals surface area contributed by atoms with E-state index in [1.165, 1.54) is 12.8 Å². The van der Waals surface area contributed by atoms with E-state index >= 15 is 0 Å². The van der Waals surface area contributed by atoms with Crippen LogP contribution in [0.3, 0.4) is 0 Å². The molecule has 64 valence electrons. The summed E-state index contributed by atoms with van der Waals surface area (Å²) in [6, 6.07) is 0. The van der Waals surface area contributed by atoms with Crippen molar-refractivity contribution in [1.82, 2.24) is 4.90 Å². The second-order valence-electron chi connectivity index (χ2n) is 3.47. The molecule has 1 N–H and O–H groups in total. The summed E-state index contributed by atoms with van der Waals surface area (Å²) < 4.78 is 0. The molecule has 2 nitrogen and oxygen atoms in total. The van der Waals surface area contributed by atoms with Crippen LogP contribution in [0.25, 0.3) is 0 Å². The standard InChI is InChI=1S/C9H18N2/c1-3-6-11(8(2)10)7-9-4-5-9/h9-10H,3-7H2,1-2H3. The normalized spacial score (nSPS) is 16.5. The highest BCUT2D eigenvalue weighted by Crippen LogP contribution is 2.29. The summed E-state index contributed by atoms with van der Waals surface area (Å²) in [6.07, 6.45) is 3.92. The Bertz CT molecular complexity index is 138. The summed E-state index contributed by atoms with van der Waals surface area (Å²) >= 11 is 0. The van der Waals surface area contributed by atoms with E-state index in [0.717, 1.165) is 31.3 Å². The molecule has 11 heavy (non-hydrogen) atoms. The van der Waals surface area contributed by atoms with Gasteiger partial charge in [0.2, 0.25) is 0 Å². The molecule has 0 spiro atoms. The maximum Gasteiger partial charge on any atom is 0.0925 e. The van der Waals surface area contributed by atoms with Gasteiger partial charge in [0.25, 0.3) is 0 Å². The number of hydrogen-bond acceptors (Lipinski definition) is 1. The maximum atomic E-state index is 7.50. The molecule has 0 aromatic carbocycles. The minimum absolute atomic E-state index is 0.735. The van der Waals surface area contributed by atoms with E-state index in [1.807, 2.05) is 6.92 Å². The second kappa shape index (κ2) is 3.74. The van der Waals surface area contributed by atoms with Gasteiger partial charge in [-0.1, -0.05) is 6.92 Å². The Kier molecular flexibility index (Phi) is 2.92. The van der Waals surface area contributed by atoms with Gasteiger partial charge in [0.05, 0.1) is 5.84 Å². The molecular weight excluding hydrogens is 136 g/mol. The monoisotopic (exact) mass is 154 g/mol. The van der Waals surface area contributed by atoms with Gasteiger partial charge in [-0.25, -0.2) is 0 Å². The van der Waals surface area contributed by atoms with Gasteiger partial charge in [0, 0.05) is 13.1 Å². The van der Waals surface area contributed by atoms with E-state index in [-0.39, 0.29) is 0 Å². The molecule has 0 radical (unpaired) electrons. The van der Waals surface area contributed by atoms with Crippen molar-refractivity contribution in [3.8, 4) is 0 Å². The predicted molar refractivity (Wildman–Crippen MR) is 48.0 cm³/mol. The van der Waals surface area contributed by atoms with E-state index < -0.39 is 0 Å². The minimum Gasteiger partial charge on any atom is -0.361 e. The van der Waals surface area contributed by atoms with Gasteiger partial charge in [-0.3, -0.25) is 5.41 Å². The lowest BCUT2D eigenvalue weighted by molar-refractivity contribution is 0.394. The summed E-state index contributed by atoms with van der Waals surface area (Å²) in [4.78, 5) is 2.19. The van der Waals surface area contributed by atoms with E-state index in [9.17, 15) is 0 Å². The van der Waals surface area contributed by atoms with Crippen molar-refractivity contribution in [2.24, 2.45) is 5.92 Å². The molecular formula is C9H18N2. The first kappa shape index (κ1) is 8.57. The second-order valence-corrected chi connectivity index (χ2v) is 3.47. The third kappa shape index (κ3) is 2.91. The molecule has 1 aliphatic rings. The molecule has 0 unspecified atom stereocenters. The smallest absolute Gasteiger partial charge is 0.0925 e. The van der Waals surface area contributed by atoms with Crippen molar-refractivity contribution in [3.05, 3.63) is 0 Å². The van der Waals surface area contributed by atoms with Crippen molar-refractivity contribution < 1.29 is 0 Å². The molecule has 0 aliphatic heterocycles. The molecule has 1 rings (SSSR count). The lowest BCUT2D eigenvalue weighted by Crippen LogP contribution is -2.30. The number of nitrogens with zero attached hydrogens (tertiary/aromatic N) is 1. The molecule has 1 aliphatic carbocycles. The van der Waals surface area contributed by atoms with E-state index in [2.05, 4.69) is 11.8 Å². The van der Waals surface area contributed by atoms with Gasteiger partial charge < -0.3 is 4.90 Å². The zero-order valence-corrected chi connectivity index (χ0v) is 7.56. The molecule has 1 saturated carbocycles. The Morgan fingerprint density at radius 3 is 2.55 bits per heavy atom. The van der Waals surface area contributed by atoms with E-state index in [4.69, 9.17) is 5.41 Å². The molecule has 0 heterocycles. The van der Waals surface area contributed by atoms with Gasteiger partial charge in [-0.2, -0.15) is 0 Å². The summed E-state index contributed by atoms with van der Waals surface area (Å²) in [5.74, 6) is 1.64. The number of rotatable bonds is 4. The Labute approximate surface area is 69.1 Å². The first-order valence-corrected chi connectivity index (χ1v) is 4.54. The summed E-state index contributed by atoms with van der Waals surface area (Å²) in [5.41, 5.74) is 0. The molecule has 2 heteroatoms. The SMILES string of the molecule is CCCN(CC1CC1)C(C)=N. The van der Waals surface area contributed by atoms with Crippen LogP contribution < -0.4 is 0 Å². The summed E-state index contributed by atoms with van der Waals surface area (Å²) in [5, 5.41) is 7.50. The van der Waals surface area contributed by atoms with Crippen LogP contribution in [0.4, 0.5) is 0 Å². The van der Waals surface area contributed by atoms with Crippen LogP contribution in [0.15, 0.2) is 0 Å². The highest BCUT2D eigenvalue weighted by Gasteiger charge is 2.23. The molecule has 0 saturated heterocycles. The van der Waals surface area contributed by atoms with E-state index in [0.29, 0.717) is 0 Å². The minimum atomic E-state index is 0.735. The fourth-order valence-corrected chi connectivity index (χ4v) is 1.28. The van der Waals surface area contributed by atoms with E-state index in [1.54, 1.807) is 0 Å². The van der Waals surface area contributed by atoms with Crippen LogP contribution >= 0.6 is 0 Å². The van der Waals surface area contributed by atoms with Crippen LogP contribution in [-0.2, 0) is 0 Å². The zero-order valence-electron chi connectivity index (χ0n) is 7.56. The van der Waals surface area contributed by atoms with Crippen molar-refractivity contribution >= 4 is 5.84 Å². The average molecular weight is 154 g/mol. The predicted octanol–water partition coefficient (Wildman–Crippen LogP) is 2.11. The van der Waals surface area contributed by atoms with Gasteiger partial charge in [-0.05, 0) is 32.1 Å². The Morgan fingerprint density at radius 2 is 2.18 bits per heavy atom. The lowest BCUT2D eigenvalue weighted by atomic mass is 10.3. The van der Waals surface area contributed by atoms with Crippen LogP contribution in [0.1, 0.15) is 33.1 Å². The van der Waals surface area contributed by atoms with Gasteiger partial charge in [-0.15, -0.1) is 0 Å². The van der Waals surface area contributed by atoms with Crippen LogP contribution in [-0.4, -0.2) is 23.8 Å². The highest BCUT2D eigenvalue weighted by atomic mass is 15.2. The number of amidine groups is 1. The Hall–Kier alpha value is -0.530. The summed E-state index contributed by atoms with van der Waals surface area (Å²) in [7, 11) is 0. The molecule has 0 aromatic heterocycles. The van der Waals surface area contributed by atoms with Crippen molar-refractivity contribution in [3.63, 3.8) is 0 Å². The lowest BCUT2D eigenvalue weighted by Gasteiger charge is -2.22. The maximum absolute atomic E-state index is 7.50. The Balaban J connectivity index is 2.24. The summed E-state index contributed by atoms with van der Waals surface area (Å²) in [6.45, 7) is 6.25. The van der Waals surface area contributed by atoms with Gasteiger partial charge >= 0.3 is 0 Å². The number of nitrogens with one attached hydrogen (secondary N) is 1. The average Bonchev–Trinajstić information content (AvgIpc) is 2.70. The largest absolute Gasteiger partial charge is 0.361 e. The van der Waals surface area contributed by atoms with Crippen molar-refractivity contribution in [2.75, 3.05) is 13.1 Å². The van der Waals surface area contributed by atoms with Crippen molar-refractivity contribution in [2.45, 2.75) is 33.1 Å². The van der Waals surface area contributed by atoms with Crippen LogP contribution in [0, 0.1) is 11.3 Å².